The van der Waals surface area contributed by atoms with Crippen LogP contribution in [0.5, 0.6) is 0 Å². The average molecular weight is 367 g/mol. The molecule has 0 aliphatic carbocycles. The van der Waals surface area contributed by atoms with Crippen LogP contribution in [-0.2, 0) is 11.2 Å². The van der Waals surface area contributed by atoms with Gasteiger partial charge in [-0.2, -0.15) is 0 Å². The van der Waals surface area contributed by atoms with Crippen molar-refractivity contribution in [2.24, 2.45) is 0 Å². The summed E-state index contributed by atoms with van der Waals surface area (Å²) in [7, 11) is 0. The van der Waals surface area contributed by atoms with Gasteiger partial charge >= 0.3 is 0 Å². The van der Waals surface area contributed by atoms with Crippen molar-refractivity contribution in [1.29, 1.82) is 0 Å². The maximum atomic E-state index is 10.8. The third-order valence-corrected chi connectivity index (χ3v) is 4.33. The fraction of sp³-hybridized carbons (Fsp3) is 0.353. The van der Waals surface area contributed by atoms with Gasteiger partial charge in [0.05, 0.1) is 15.7 Å². The SMILES string of the molecule is CC(=O)NCCCCCc1cc(-c2cccc(Cl)c2Cl)nc(N)n1. The summed E-state index contributed by atoms with van der Waals surface area (Å²) >= 11 is 12.3. The molecule has 5 nitrogen and oxygen atoms in total. The van der Waals surface area contributed by atoms with Gasteiger partial charge in [-0.05, 0) is 31.4 Å². The van der Waals surface area contributed by atoms with Gasteiger partial charge in [-0.15, -0.1) is 0 Å². The topological polar surface area (TPSA) is 80.9 Å². The number of halogens is 2. The lowest BCUT2D eigenvalue weighted by atomic mass is 10.1. The van der Waals surface area contributed by atoms with Gasteiger partial charge in [-0.1, -0.05) is 41.8 Å². The molecule has 0 aliphatic rings. The Morgan fingerprint density at radius 1 is 1.21 bits per heavy atom. The molecule has 1 amide bonds. The molecule has 0 radical (unpaired) electrons. The van der Waals surface area contributed by atoms with Crippen molar-refractivity contribution >= 4 is 35.1 Å². The Morgan fingerprint density at radius 3 is 2.75 bits per heavy atom. The smallest absolute Gasteiger partial charge is 0.220 e. The van der Waals surface area contributed by atoms with Gasteiger partial charge in [-0.25, -0.2) is 9.97 Å². The Balaban J connectivity index is 2.01. The summed E-state index contributed by atoms with van der Waals surface area (Å²) in [6.45, 7) is 2.22. The Kier molecular flexibility index (Phi) is 6.82. The van der Waals surface area contributed by atoms with Crippen molar-refractivity contribution in [3.63, 3.8) is 0 Å². The maximum Gasteiger partial charge on any atom is 0.220 e. The number of hydrogen-bond donors (Lipinski definition) is 2. The predicted octanol–water partition coefficient (Wildman–Crippen LogP) is 3.88. The third kappa shape index (κ3) is 5.35. The number of nitrogens with one attached hydrogen (secondary N) is 1. The standard InChI is InChI=1S/C17H20Cl2N4O/c1-11(24)21-9-4-2-3-6-12-10-15(23-17(20)22-12)13-7-5-8-14(18)16(13)19/h5,7-8,10H,2-4,6,9H2,1H3,(H,21,24)(H2,20,22,23). The fourth-order valence-corrected chi connectivity index (χ4v) is 2.76. The monoisotopic (exact) mass is 366 g/mol. The zero-order chi connectivity index (χ0) is 17.5. The van der Waals surface area contributed by atoms with E-state index in [-0.39, 0.29) is 11.9 Å². The van der Waals surface area contributed by atoms with Crippen molar-refractivity contribution in [3.8, 4) is 11.3 Å². The molecule has 0 spiro atoms. The number of benzene rings is 1. The van der Waals surface area contributed by atoms with E-state index >= 15 is 0 Å². The molecule has 0 unspecified atom stereocenters. The van der Waals surface area contributed by atoms with Crippen LogP contribution in [0.15, 0.2) is 24.3 Å². The Bertz CT molecular complexity index is 722. The molecular weight excluding hydrogens is 347 g/mol. The molecule has 2 rings (SSSR count). The minimum absolute atomic E-state index is 0.00150. The van der Waals surface area contributed by atoms with Crippen molar-refractivity contribution < 1.29 is 4.79 Å². The van der Waals surface area contributed by atoms with E-state index in [9.17, 15) is 4.79 Å². The number of carbonyl (C=O) groups excluding carboxylic acids is 1. The first-order valence-corrected chi connectivity index (χ1v) is 8.55. The van der Waals surface area contributed by atoms with E-state index in [0.29, 0.717) is 22.3 Å². The second-order valence-corrected chi connectivity index (χ2v) is 6.28. The van der Waals surface area contributed by atoms with Gasteiger partial charge in [-0.3, -0.25) is 4.79 Å². The van der Waals surface area contributed by atoms with E-state index in [1.54, 1.807) is 6.07 Å². The highest BCUT2D eigenvalue weighted by molar-refractivity contribution is 6.43. The minimum atomic E-state index is 0.00150. The van der Waals surface area contributed by atoms with Gasteiger partial charge in [0.15, 0.2) is 0 Å². The molecule has 2 aromatic rings. The lowest BCUT2D eigenvalue weighted by molar-refractivity contribution is -0.118. The second kappa shape index (κ2) is 8.85. The van der Waals surface area contributed by atoms with Crippen LogP contribution in [0.3, 0.4) is 0 Å². The molecule has 1 heterocycles. The number of aromatic nitrogens is 2. The first-order valence-electron chi connectivity index (χ1n) is 7.79. The maximum absolute atomic E-state index is 10.8. The first-order chi connectivity index (χ1) is 11.5. The van der Waals surface area contributed by atoms with Crippen LogP contribution in [0.1, 0.15) is 31.9 Å². The fourth-order valence-electron chi connectivity index (χ4n) is 2.36. The van der Waals surface area contributed by atoms with Crippen molar-refractivity contribution in [1.82, 2.24) is 15.3 Å². The Labute approximate surface area is 151 Å². The molecule has 0 bridgehead atoms. The molecule has 0 atom stereocenters. The van der Waals surface area contributed by atoms with Crippen molar-refractivity contribution in [3.05, 3.63) is 40.0 Å². The highest BCUT2D eigenvalue weighted by atomic mass is 35.5. The molecule has 0 fully saturated rings. The Morgan fingerprint density at radius 2 is 2.00 bits per heavy atom. The normalized spacial score (nSPS) is 10.6. The number of amides is 1. The van der Waals surface area contributed by atoms with E-state index in [1.807, 2.05) is 18.2 Å². The van der Waals surface area contributed by atoms with Crippen LogP contribution in [0, 0.1) is 0 Å². The predicted molar refractivity (Wildman–Crippen MR) is 98.1 cm³/mol. The molecule has 1 aromatic carbocycles. The summed E-state index contributed by atoms with van der Waals surface area (Å²) in [5, 5.41) is 3.72. The lowest BCUT2D eigenvalue weighted by Crippen LogP contribution is -2.20. The number of unbranched alkanes of at least 4 members (excludes halogenated alkanes) is 2. The van der Waals surface area contributed by atoms with E-state index in [0.717, 1.165) is 36.9 Å². The highest BCUT2D eigenvalue weighted by Gasteiger charge is 2.10. The van der Waals surface area contributed by atoms with E-state index in [4.69, 9.17) is 28.9 Å². The molecule has 128 valence electrons. The van der Waals surface area contributed by atoms with Crippen LogP contribution >= 0.6 is 23.2 Å². The van der Waals surface area contributed by atoms with Crippen LogP contribution in [-0.4, -0.2) is 22.4 Å². The van der Waals surface area contributed by atoms with Crippen LogP contribution < -0.4 is 11.1 Å². The summed E-state index contributed by atoms with van der Waals surface area (Å²) in [6, 6.07) is 7.30. The zero-order valence-corrected chi connectivity index (χ0v) is 15.0. The third-order valence-electron chi connectivity index (χ3n) is 3.51. The summed E-state index contributed by atoms with van der Waals surface area (Å²) < 4.78 is 0. The molecule has 0 saturated carbocycles. The molecule has 0 aliphatic heterocycles. The van der Waals surface area contributed by atoms with Crippen molar-refractivity contribution in [2.75, 3.05) is 12.3 Å². The number of nitrogen functional groups attached to an aromatic ring is 1. The van der Waals surface area contributed by atoms with Gasteiger partial charge in [0, 0.05) is 24.7 Å². The van der Waals surface area contributed by atoms with Gasteiger partial charge in [0.2, 0.25) is 11.9 Å². The molecule has 3 N–H and O–H groups in total. The van der Waals surface area contributed by atoms with Crippen LogP contribution in [0.2, 0.25) is 10.0 Å². The number of nitrogens with two attached hydrogens (primary N) is 1. The van der Waals surface area contributed by atoms with Gasteiger partial charge in [0.25, 0.3) is 0 Å². The number of aryl methyl sites for hydroxylation is 1. The number of carbonyl (C=O) groups is 1. The number of anilines is 1. The summed E-state index contributed by atoms with van der Waals surface area (Å²) in [6.07, 6.45) is 3.68. The summed E-state index contributed by atoms with van der Waals surface area (Å²) in [4.78, 5) is 19.3. The lowest BCUT2D eigenvalue weighted by Gasteiger charge is -2.08. The van der Waals surface area contributed by atoms with Gasteiger partial charge < -0.3 is 11.1 Å². The van der Waals surface area contributed by atoms with Gasteiger partial charge in [0.1, 0.15) is 0 Å². The molecule has 1 aromatic heterocycles. The molecule has 7 heteroatoms. The summed E-state index contributed by atoms with van der Waals surface area (Å²) in [5.74, 6) is 0.221. The molecule has 24 heavy (non-hydrogen) atoms. The van der Waals surface area contributed by atoms with Crippen molar-refractivity contribution in [2.45, 2.75) is 32.6 Å². The van der Waals surface area contributed by atoms with Crippen LogP contribution in [0.4, 0.5) is 5.95 Å². The van der Waals surface area contributed by atoms with E-state index in [1.165, 1.54) is 6.92 Å². The first kappa shape index (κ1) is 18.5. The quantitative estimate of drug-likeness (QED) is 0.728. The molecular formula is C17H20Cl2N4O. The molecule has 0 saturated heterocycles. The number of rotatable bonds is 7. The second-order valence-electron chi connectivity index (χ2n) is 5.50. The average Bonchev–Trinajstić information content (AvgIpc) is 2.52. The largest absolute Gasteiger partial charge is 0.368 e. The number of nitrogens with zero attached hydrogens (tertiary/aromatic N) is 2. The van der Waals surface area contributed by atoms with Crippen LogP contribution in [0.25, 0.3) is 11.3 Å². The summed E-state index contributed by atoms with van der Waals surface area (Å²) in [5.41, 5.74) is 8.10. The van der Waals surface area contributed by atoms with E-state index < -0.39 is 0 Å². The minimum Gasteiger partial charge on any atom is -0.368 e. The number of hydrogen-bond acceptors (Lipinski definition) is 4. The zero-order valence-electron chi connectivity index (χ0n) is 13.5. The highest BCUT2D eigenvalue weighted by Crippen LogP contribution is 2.32. The Hall–Kier alpha value is -1.85. The van der Waals surface area contributed by atoms with E-state index in [2.05, 4.69) is 15.3 Å².